The molecule has 1 saturated carbocycles. The van der Waals surface area contributed by atoms with Crippen molar-refractivity contribution in [2.75, 3.05) is 26.2 Å². The van der Waals surface area contributed by atoms with Crippen molar-refractivity contribution in [1.29, 1.82) is 0 Å². The summed E-state index contributed by atoms with van der Waals surface area (Å²) >= 11 is 1.51. The lowest BCUT2D eigenvalue weighted by atomic mass is 10.0. The molecule has 132 valence electrons. The number of hydrogen-bond donors (Lipinski definition) is 2. The minimum atomic E-state index is -0.0498. The third-order valence-electron chi connectivity index (χ3n) is 4.88. The maximum absolute atomic E-state index is 12.2. The standard InChI is InChI=1S/C18H27N3O2S/c22-17(2-1-8-19-18(23)15-7-11-24-13-15)21-9-5-16(6-10-21)20-12-14-3-4-14/h7,11,13-14,16,20H,1-6,8-10,12H2,(H,19,23). The van der Waals surface area contributed by atoms with Crippen LogP contribution in [0.4, 0.5) is 0 Å². The lowest BCUT2D eigenvalue weighted by Gasteiger charge is -2.32. The van der Waals surface area contributed by atoms with Crippen LogP contribution in [0, 0.1) is 5.92 Å². The second-order valence-electron chi connectivity index (χ2n) is 6.88. The second-order valence-corrected chi connectivity index (χ2v) is 7.66. The molecule has 1 aromatic rings. The molecule has 2 fully saturated rings. The molecule has 1 aliphatic heterocycles. The largest absolute Gasteiger partial charge is 0.352 e. The predicted octanol–water partition coefficient (Wildman–Crippen LogP) is 2.25. The molecule has 2 amide bonds. The van der Waals surface area contributed by atoms with Gasteiger partial charge in [0, 0.05) is 43.0 Å². The molecule has 1 aromatic heterocycles. The number of carbonyl (C=O) groups is 2. The highest BCUT2D eigenvalue weighted by atomic mass is 32.1. The van der Waals surface area contributed by atoms with Crippen LogP contribution in [0.1, 0.15) is 48.9 Å². The molecule has 2 aliphatic rings. The fourth-order valence-electron chi connectivity index (χ4n) is 3.08. The quantitative estimate of drug-likeness (QED) is 0.708. The minimum absolute atomic E-state index is 0.0498. The van der Waals surface area contributed by atoms with Gasteiger partial charge in [-0.2, -0.15) is 11.3 Å². The maximum Gasteiger partial charge on any atom is 0.252 e. The number of rotatable bonds is 8. The van der Waals surface area contributed by atoms with E-state index in [9.17, 15) is 9.59 Å². The van der Waals surface area contributed by atoms with Gasteiger partial charge in [0.1, 0.15) is 0 Å². The van der Waals surface area contributed by atoms with Crippen molar-refractivity contribution in [3.8, 4) is 0 Å². The third-order valence-corrected chi connectivity index (χ3v) is 5.56. The number of thiophene rings is 1. The van der Waals surface area contributed by atoms with E-state index in [1.807, 2.05) is 21.7 Å². The molecule has 2 heterocycles. The third kappa shape index (κ3) is 5.31. The van der Waals surface area contributed by atoms with E-state index >= 15 is 0 Å². The van der Waals surface area contributed by atoms with Gasteiger partial charge in [0.25, 0.3) is 5.91 Å². The van der Waals surface area contributed by atoms with Crippen LogP contribution in [-0.4, -0.2) is 48.9 Å². The fourth-order valence-corrected chi connectivity index (χ4v) is 3.72. The first-order valence-corrected chi connectivity index (χ1v) is 9.98. The van der Waals surface area contributed by atoms with Gasteiger partial charge in [-0.25, -0.2) is 0 Å². The van der Waals surface area contributed by atoms with Gasteiger partial charge in [-0.15, -0.1) is 0 Å². The van der Waals surface area contributed by atoms with Crippen LogP contribution in [0.3, 0.4) is 0 Å². The highest BCUT2D eigenvalue weighted by molar-refractivity contribution is 7.08. The summed E-state index contributed by atoms with van der Waals surface area (Å²) in [6, 6.07) is 2.39. The van der Waals surface area contributed by atoms with E-state index in [-0.39, 0.29) is 11.8 Å². The summed E-state index contributed by atoms with van der Waals surface area (Å²) < 4.78 is 0. The number of hydrogen-bond acceptors (Lipinski definition) is 4. The summed E-state index contributed by atoms with van der Waals surface area (Å²) in [5.41, 5.74) is 0.701. The van der Waals surface area contributed by atoms with Crippen LogP contribution in [0.2, 0.25) is 0 Å². The smallest absolute Gasteiger partial charge is 0.252 e. The molecule has 0 unspecified atom stereocenters. The highest BCUT2D eigenvalue weighted by Crippen LogP contribution is 2.28. The van der Waals surface area contributed by atoms with E-state index in [2.05, 4.69) is 10.6 Å². The summed E-state index contributed by atoms with van der Waals surface area (Å²) in [4.78, 5) is 26.0. The van der Waals surface area contributed by atoms with Gasteiger partial charge in [0.15, 0.2) is 0 Å². The lowest BCUT2D eigenvalue weighted by molar-refractivity contribution is -0.132. The zero-order valence-electron chi connectivity index (χ0n) is 14.1. The molecule has 2 N–H and O–H groups in total. The van der Waals surface area contributed by atoms with Crippen LogP contribution < -0.4 is 10.6 Å². The van der Waals surface area contributed by atoms with Gasteiger partial charge in [-0.3, -0.25) is 9.59 Å². The summed E-state index contributed by atoms with van der Waals surface area (Å²) in [6.45, 7) is 3.44. The summed E-state index contributed by atoms with van der Waals surface area (Å²) in [6.07, 6.45) is 6.11. The molecular weight excluding hydrogens is 322 g/mol. The molecule has 1 aliphatic carbocycles. The second kappa shape index (κ2) is 8.62. The molecule has 3 rings (SSSR count). The van der Waals surface area contributed by atoms with Crippen molar-refractivity contribution in [3.05, 3.63) is 22.4 Å². The van der Waals surface area contributed by atoms with Crippen LogP contribution >= 0.6 is 11.3 Å². The Hall–Kier alpha value is -1.40. The number of nitrogens with one attached hydrogen (secondary N) is 2. The molecule has 24 heavy (non-hydrogen) atoms. The topological polar surface area (TPSA) is 61.4 Å². The molecule has 6 heteroatoms. The van der Waals surface area contributed by atoms with Crippen molar-refractivity contribution < 1.29 is 9.59 Å². The van der Waals surface area contributed by atoms with Crippen molar-refractivity contribution in [2.24, 2.45) is 5.92 Å². The summed E-state index contributed by atoms with van der Waals surface area (Å²) in [7, 11) is 0. The Bertz CT molecular complexity index is 534. The van der Waals surface area contributed by atoms with E-state index in [0.29, 0.717) is 31.0 Å². The minimum Gasteiger partial charge on any atom is -0.352 e. The molecule has 1 saturated heterocycles. The Morgan fingerprint density at radius 3 is 2.67 bits per heavy atom. The molecule has 5 nitrogen and oxygen atoms in total. The van der Waals surface area contributed by atoms with E-state index in [4.69, 9.17) is 0 Å². The molecule has 0 atom stereocenters. The average molecular weight is 350 g/mol. The number of amides is 2. The van der Waals surface area contributed by atoms with Crippen LogP contribution in [0.25, 0.3) is 0 Å². The molecule has 0 radical (unpaired) electrons. The van der Waals surface area contributed by atoms with Crippen molar-refractivity contribution in [1.82, 2.24) is 15.5 Å². The van der Waals surface area contributed by atoms with Gasteiger partial charge in [0.2, 0.25) is 5.91 Å². The first-order valence-electron chi connectivity index (χ1n) is 9.04. The fraction of sp³-hybridized carbons (Fsp3) is 0.667. The normalized spacial score (nSPS) is 18.6. The van der Waals surface area contributed by atoms with Crippen LogP contribution in [-0.2, 0) is 4.79 Å². The van der Waals surface area contributed by atoms with Gasteiger partial charge >= 0.3 is 0 Å². The Morgan fingerprint density at radius 2 is 2.00 bits per heavy atom. The average Bonchev–Trinajstić information content (AvgIpc) is 3.27. The van der Waals surface area contributed by atoms with E-state index in [1.54, 1.807) is 0 Å². The van der Waals surface area contributed by atoms with Gasteiger partial charge in [-0.1, -0.05) is 0 Å². The first-order chi connectivity index (χ1) is 11.7. The number of carbonyl (C=O) groups excluding carboxylic acids is 2. The molecule has 0 spiro atoms. The number of nitrogens with zero attached hydrogens (tertiary/aromatic N) is 1. The summed E-state index contributed by atoms with van der Waals surface area (Å²) in [5, 5.41) is 10.2. The number of likely N-dealkylation sites (tertiary alicyclic amines) is 1. The van der Waals surface area contributed by atoms with Gasteiger partial charge < -0.3 is 15.5 Å². The van der Waals surface area contributed by atoms with E-state index in [1.165, 1.54) is 24.2 Å². The Morgan fingerprint density at radius 1 is 1.21 bits per heavy atom. The zero-order valence-corrected chi connectivity index (χ0v) is 14.9. The van der Waals surface area contributed by atoms with E-state index < -0.39 is 0 Å². The highest BCUT2D eigenvalue weighted by Gasteiger charge is 2.25. The Balaban J connectivity index is 1.26. The Labute approximate surface area is 147 Å². The monoisotopic (exact) mass is 349 g/mol. The van der Waals surface area contributed by atoms with Crippen molar-refractivity contribution >= 4 is 23.2 Å². The lowest BCUT2D eigenvalue weighted by Crippen LogP contribution is -2.45. The van der Waals surface area contributed by atoms with E-state index in [0.717, 1.165) is 38.4 Å². The van der Waals surface area contributed by atoms with Crippen LogP contribution in [0.15, 0.2) is 16.8 Å². The van der Waals surface area contributed by atoms with Gasteiger partial charge in [0.05, 0.1) is 0 Å². The maximum atomic E-state index is 12.2. The Kier molecular flexibility index (Phi) is 6.26. The molecule has 0 bridgehead atoms. The van der Waals surface area contributed by atoms with Crippen LogP contribution in [0.5, 0.6) is 0 Å². The van der Waals surface area contributed by atoms with Crippen molar-refractivity contribution in [3.63, 3.8) is 0 Å². The zero-order chi connectivity index (χ0) is 16.8. The van der Waals surface area contributed by atoms with Crippen molar-refractivity contribution in [2.45, 2.75) is 44.6 Å². The summed E-state index contributed by atoms with van der Waals surface area (Å²) in [5.74, 6) is 1.08. The number of piperidine rings is 1. The first kappa shape index (κ1) is 17.4. The molecule has 0 aromatic carbocycles. The predicted molar refractivity (Wildman–Crippen MR) is 96.2 cm³/mol. The van der Waals surface area contributed by atoms with Gasteiger partial charge in [-0.05, 0) is 56.0 Å². The molecular formula is C18H27N3O2S. The SMILES string of the molecule is O=C(NCCCC(=O)N1CCC(NCC2CC2)CC1)c1ccsc1.